The van der Waals surface area contributed by atoms with E-state index in [1.54, 1.807) is 6.26 Å². The van der Waals surface area contributed by atoms with E-state index in [1.165, 1.54) is 33.4 Å². The zero-order valence-corrected chi connectivity index (χ0v) is 22.5. The molecule has 0 radical (unpaired) electrons. The highest BCUT2D eigenvalue weighted by molar-refractivity contribution is 5.84. The summed E-state index contributed by atoms with van der Waals surface area (Å²) in [5.41, 5.74) is 10.3. The van der Waals surface area contributed by atoms with Gasteiger partial charge in [0.05, 0.1) is 11.7 Å². The first-order chi connectivity index (χ1) is 19.6. The fourth-order valence-electron chi connectivity index (χ4n) is 7.20. The van der Waals surface area contributed by atoms with Gasteiger partial charge in [-0.15, -0.1) is 0 Å². The summed E-state index contributed by atoms with van der Waals surface area (Å²) in [5, 5.41) is 0. The smallest absolute Gasteiger partial charge is 0.133 e. The van der Waals surface area contributed by atoms with Gasteiger partial charge in [-0.1, -0.05) is 111 Å². The van der Waals surface area contributed by atoms with Crippen molar-refractivity contribution in [1.82, 2.24) is 0 Å². The summed E-state index contributed by atoms with van der Waals surface area (Å²) in [6.45, 7) is 4.70. The number of fused-ring (bicyclic) bond motifs is 8. The van der Waals surface area contributed by atoms with E-state index in [-0.39, 0.29) is 5.41 Å². The molecule has 2 heterocycles. The molecule has 0 amide bonds. The molecule has 1 aromatic heterocycles. The molecule has 0 N–H and O–H groups in total. The predicted molar refractivity (Wildman–Crippen MR) is 160 cm³/mol. The lowest BCUT2D eigenvalue weighted by atomic mass is 9.53. The molecule has 2 nitrogen and oxygen atoms in total. The first-order valence-corrected chi connectivity index (χ1v) is 13.9. The fraction of sp³-hybridized carbons (Fsp3) is 0.105. The number of benzene rings is 5. The molecule has 8 rings (SSSR count). The van der Waals surface area contributed by atoms with Crippen molar-refractivity contribution in [2.24, 2.45) is 0 Å². The van der Waals surface area contributed by atoms with Crippen LogP contribution in [-0.4, -0.2) is 0 Å². The van der Waals surface area contributed by atoms with E-state index in [1.807, 2.05) is 12.1 Å². The Kier molecular flexibility index (Phi) is 4.82. The normalized spacial score (nSPS) is 15.3. The van der Waals surface area contributed by atoms with Crippen molar-refractivity contribution in [1.29, 1.82) is 0 Å². The minimum absolute atomic E-state index is 0.153. The van der Waals surface area contributed by atoms with Gasteiger partial charge in [0.2, 0.25) is 0 Å². The SMILES string of the molecule is CC1(C)c2ccccc2C2(c3ccccc3Oc3cccc(-c4cccc(-c5ccco5)c4)c32)c2ccccc21. The summed E-state index contributed by atoms with van der Waals surface area (Å²) in [4.78, 5) is 0. The Morgan fingerprint density at radius 1 is 0.500 bits per heavy atom. The molecule has 0 bridgehead atoms. The monoisotopic (exact) mass is 516 g/mol. The van der Waals surface area contributed by atoms with Crippen LogP contribution in [0.4, 0.5) is 0 Å². The standard InChI is InChI=1S/C38H28O2/c1-37(2)28-15-3-5-17-30(28)38(31-18-6-4-16-29(31)37)32-19-7-8-20-34(32)40-35-21-10-14-27(36(35)38)25-12-9-13-26(24-25)33-22-11-23-39-33/h3-24H,1-2H3. The maximum absolute atomic E-state index is 6.73. The van der Waals surface area contributed by atoms with Crippen molar-refractivity contribution < 1.29 is 9.15 Å². The average Bonchev–Trinajstić information content (AvgIpc) is 3.55. The van der Waals surface area contributed by atoms with Crippen LogP contribution >= 0.6 is 0 Å². The lowest BCUT2D eigenvalue weighted by Crippen LogP contribution is -2.43. The minimum Gasteiger partial charge on any atom is -0.464 e. The van der Waals surface area contributed by atoms with Gasteiger partial charge in [0.1, 0.15) is 17.3 Å². The van der Waals surface area contributed by atoms with Crippen LogP contribution in [0.1, 0.15) is 47.2 Å². The van der Waals surface area contributed by atoms with Gasteiger partial charge in [-0.05, 0) is 63.7 Å². The summed E-state index contributed by atoms with van der Waals surface area (Å²) in [7, 11) is 0. The molecule has 2 aliphatic rings. The number of hydrogen-bond acceptors (Lipinski definition) is 2. The average molecular weight is 517 g/mol. The van der Waals surface area contributed by atoms with Gasteiger partial charge in [0.25, 0.3) is 0 Å². The Morgan fingerprint density at radius 3 is 1.80 bits per heavy atom. The summed E-state index contributed by atoms with van der Waals surface area (Å²) in [6.07, 6.45) is 1.73. The summed E-state index contributed by atoms with van der Waals surface area (Å²) in [6, 6.07) is 45.6. The predicted octanol–water partition coefficient (Wildman–Crippen LogP) is 9.74. The third-order valence-electron chi connectivity index (χ3n) is 8.90. The second kappa shape index (κ2) is 8.34. The molecular formula is C38H28O2. The molecule has 0 atom stereocenters. The Labute approximate surface area is 234 Å². The van der Waals surface area contributed by atoms with Crippen LogP contribution in [0.2, 0.25) is 0 Å². The van der Waals surface area contributed by atoms with Gasteiger partial charge in [-0.3, -0.25) is 0 Å². The molecule has 0 saturated carbocycles. The summed E-state index contributed by atoms with van der Waals surface area (Å²) < 4.78 is 12.5. The van der Waals surface area contributed by atoms with Crippen molar-refractivity contribution in [2.75, 3.05) is 0 Å². The number of rotatable bonds is 2. The molecule has 6 aromatic rings. The molecule has 1 aliphatic heterocycles. The van der Waals surface area contributed by atoms with Crippen LogP contribution in [0.15, 0.2) is 138 Å². The largest absolute Gasteiger partial charge is 0.464 e. The van der Waals surface area contributed by atoms with Crippen LogP contribution < -0.4 is 4.74 Å². The van der Waals surface area contributed by atoms with Gasteiger partial charge in [0.15, 0.2) is 0 Å². The van der Waals surface area contributed by atoms with Crippen molar-refractivity contribution >= 4 is 0 Å². The first-order valence-electron chi connectivity index (χ1n) is 13.9. The van der Waals surface area contributed by atoms with Gasteiger partial charge in [0, 0.05) is 22.1 Å². The highest BCUT2D eigenvalue weighted by atomic mass is 16.5. The topological polar surface area (TPSA) is 22.4 Å². The van der Waals surface area contributed by atoms with Gasteiger partial charge >= 0.3 is 0 Å². The van der Waals surface area contributed by atoms with E-state index < -0.39 is 5.41 Å². The summed E-state index contributed by atoms with van der Waals surface area (Å²) >= 11 is 0. The van der Waals surface area contributed by atoms with Gasteiger partial charge in [-0.2, -0.15) is 0 Å². The van der Waals surface area contributed by atoms with E-state index in [0.29, 0.717) is 0 Å². The van der Waals surface area contributed by atoms with Crippen molar-refractivity contribution in [3.05, 3.63) is 167 Å². The van der Waals surface area contributed by atoms with Crippen molar-refractivity contribution in [2.45, 2.75) is 24.7 Å². The van der Waals surface area contributed by atoms with Crippen molar-refractivity contribution in [3.63, 3.8) is 0 Å². The fourth-order valence-corrected chi connectivity index (χ4v) is 7.20. The molecule has 0 unspecified atom stereocenters. The number of furan rings is 1. The van der Waals surface area contributed by atoms with Gasteiger partial charge in [-0.25, -0.2) is 0 Å². The molecule has 1 aliphatic carbocycles. The number of para-hydroxylation sites is 1. The van der Waals surface area contributed by atoms with Crippen LogP contribution in [0, 0.1) is 0 Å². The lowest BCUT2D eigenvalue weighted by molar-refractivity contribution is 0.426. The van der Waals surface area contributed by atoms with E-state index in [2.05, 4.69) is 129 Å². The lowest BCUT2D eigenvalue weighted by Gasteiger charge is -2.50. The Hall–Kier alpha value is -4.82. The second-order valence-electron chi connectivity index (χ2n) is 11.3. The Morgan fingerprint density at radius 2 is 1.10 bits per heavy atom. The zero-order valence-electron chi connectivity index (χ0n) is 22.5. The van der Waals surface area contributed by atoms with Crippen molar-refractivity contribution in [3.8, 4) is 33.9 Å². The molecule has 192 valence electrons. The number of hydrogen-bond donors (Lipinski definition) is 0. The Bertz CT molecular complexity index is 1860. The maximum Gasteiger partial charge on any atom is 0.133 e. The third-order valence-corrected chi connectivity index (χ3v) is 8.90. The molecule has 0 fully saturated rings. The van der Waals surface area contributed by atoms with E-state index in [4.69, 9.17) is 9.15 Å². The van der Waals surface area contributed by atoms with Crippen LogP contribution in [0.25, 0.3) is 22.5 Å². The highest BCUT2D eigenvalue weighted by Crippen LogP contribution is 2.63. The second-order valence-corrected chi connectivity index (χ2v) is 11.3. The van der Waals surface area contributed by atoms with Crippen LogP contribution in [-0.2, 0) is 10.8 Å². The van der Waals surface area contributed by atoms with Crippen LogP contribution in [0.5, 0.6) is 11.5 Å². The maximum atomic E-state index is 6.73. The van der Waals surface area contributed by atoms with E-state index >= 15 is 0 Å². The summed E-state index contributed by atoms with van der Waals surface area (Å²) in [5.74, 6) is 2.66. The number of ether oxygens (including phenoxy) is 1. The molecule has 2 heteroatoms. The minimum atomic E-state index is -0.551. The quantitative estimate of drug-likeness (QED) is 0.228. The third kappa shape index (κ3) is 2.99. The zero-order chi connectivity index (χ0) is 26.9. The molecule has 5 aromatic carbocycles. The highest BCUT2D eigenvalue weighted by Gasteiger charge is 2.53. The molecular weight excluding hydrogens is 488 g/mol. The first kappa shape index (κ1) is 23.1. The molecule has 1 spiro atoms. The molecule has 0 saturated heterocycles. The molecule has 40 heavy (non-hydrogen) atoms. The Balaban J connectivity index is 1.53. The van der Waals surface area contributed by atoms with E-state index in [9.17, 15) is 0 Å². The van der Waals surface area contributed by atoms with Gasteiger partial charge < -0.3 is 9.15 Å². The van der Waals surface area contributed by atoms with Crippen LogP contribution in [0.3, 0.4) is 0 Å². The van der Waals surface area contributed by atoms with E-state index in [0.717, 1.165) is 33.9 Å².